The van der Waals surface area contributed by atoms with Gasteiger partial charge in [0.1, 0.15) is 17.3 Å². The molecular formula is C10H13ClN4. The summed E-state index contributed by atoms with van der Waals surface area (Å²) < 4.78 is 0. The molecule has 0 unspecified atom stereocenters. The van der Waals surface area contributed by atoms with Gasteiger partial charge in [0, 0.05) is 12.3 Å². The molecule has 0 spiro atoms. The van der Waals surface area contributed by atoms with Crippen LogP contribution < -0.4 is 5.73 Å². The number of hydrogen-bond acceptors (Lipinski definition) is 4. The van der Waals surface area contributed by atoms with E-state index in [1.54, 1.807) is 6.21 Å². The van der Waals surface area contributed by atoms with Crippen molar-refractivity contribution in [2.75, 3.05) is 5.73 Å². The van der Waals surface area contributed by atoms with Crippen LogP contribution in [0.15, 0.2) is 11.3 Å². The average molecular weight is 225 g/mol. The van der Waals surface area contributed by atoms with Crippen LogP contribution in [0.25, 0.3) is 0 Å². The maximum absolute atomic E-state index is 5.89. The van der Waals surface area contributed by atoms with Gasteiger partial charge >= 0.3 is 0 Å². The van der Waals surface area contributed by atoms with Crippen LogP contribution in [-0.4, -0.2) is 22.2 Å². The molecule has 1 saturated carbocycles. The summed E-state index contributed by atoms with van der Waals surface area (Å²) in [6.07, 6.45) is 7.88. The fourth-order valence-corrected chi connectivity index (χ4v) is 1.93. The summed E-state index contributed by atoms with van der Waals surface area (Å²) in [5, 5.41) is 0.365. The van der Waals surface area contributed by atoms with Crippen LogP contribution in [-0.2, 0) is 0 Å². The Kier molecular flexibility index (Phi) is 3.16. The lowest BCUT2D eigenvalue weighted by Gasteiger charge is -2.03. The largest absolute Gasteiger partial charge is 0.383 e. The van der Waals surface area contributed by atoms with Crippen LogP contribution in [0.5, 0.6) is 0 Å². The van der Waals surface area contributed by atoms with Crippen LogP contribution in [0.1, 0.15) is 31.2 Å². The highest BCUT2D eigenvalue weighted by molar-refractivity contribution is 6.32. The fourth-order valence-electron chi connectivity index (χ4n) is 1.74. The number of halogens is 1. The van der Waals surface area contributed by atoms with E-state index in [1.165, 1.54) is 19.2 Å². The first-order valence-corrected chi connectivity index (χ1v) is 5.44. The maximum atomic E-state index is 5.89. The van der Waals surface area contributed by atoms with Crippen molar-refractivity contribution in [1.82, 2.24) is 9.97 Å². The molecule has 0 amide bonds. The van der Waals surface area contributed by atoms with Crippen molar-refractivity contribution in [2.45, 2.75) is 31.7 Å². The van der Waals surface area contributed by atoms with E-state index >= 15 is 0 Å². The molecule has 1 aromatic heterocycles. The van der Waals surface area contributed by atoms with E-state index < -0.39 is 0 Å². The predicted molar refractivity (Wildman–Crippen MR) is 61.3 cm³/mol. The van der Waals surface area contributed by atoms with Crippen molar-refractivity contribution in [3.8, 4) is 0 Å². The third kappa shape index (κ3) is 2.45. The summed E-state index contributed by atoms with van der Waals surface area (Å²) in [4.78, 5) is 12.2. The summed E-state index contributed by atoms with van der Waals surface area (Å²) >= 11 is 5.89. The Morgan fingerprint density at radius 3 is 2.80 bits per heavy atom. The zero-order valence-electron chi connectivity index (χ0n) is 8.36. The number of nitrogen functional groups attached to an aromatic ring is 1. The molecule has 80 valence electrons. The molecule has 0 aromatic carbocycles. The Labute approximate surface area is 93.6 Å². The Morgan fingerprint density at radius 2 is 2.13 bits per heavy atom. The van der Waals surface area contributed by atoms with Gasteiger partial charge in [0.05, 0.1) is 5.56 Å². The second kappa shape index (κ2) is 4.57. The first kappa shape index (κ1) is 10.4. The van der Waals surface area contributed by atoms with E-state index in [1.807, 2.05) is 0 Å². The summed E-state index contributed by atoms with van der Waals surface area (Å²) in [7, 11) is 0. The lowest BCUT2D eigenvalue weighted by molar-refractivity contribution is 0.710. The van der Waals surface area contributed by atoms with Crippen molar-refractivity contribution in [3.05, 3.63) is 17.0 Å². The van der Waals surface area contributed by atoms with Crippen molar-refractivity contribution in [2.24, 2.45) is 4.99 Å². The average Bonchev–Trinajstić information content (AvgIpc) is 2.70. The van der Waals surface area contributed by atoms with E-state index in [9.17, 15) is 0 Å². The van der Waals surface area contributed by atoms with Gasteiger partial charge in [-0.2, -0.15) is 0 Å². The van der Waals surface area contributed by atoms with Gasteiger partial charge in [0.2, 0.25) is 0 Å². The molecule has 0 bridgehead atoms. The van der Waals surface area contributed by atoms with Gasteiger partial charge in [0.25, 0.3) is 0 Å². The highest BCUT2D eigenvalue weighted by Gasteiger charge is 2.13. The number of nitrogens with two attached hydrogens (primary N) is 1. The standard InChI is InChI=1S/C10H13ClN4/c11-9-8(10(12)15-6-14-9)5-13-7-3-1-2-4-7/h5-7H,1-4H2,(H2,12,14,15). The number of nitrogens with zero attached hydrogens (tertiary/aromatic N) is 3. The third-order valence-corrected chi connectivity index (χ3v) is 2.91. The molecule has 5 heteroatoms. The van der Waals surface area contributed by atoms with Gasteiger partial charge in [-0.25, -0.2) is 9.97 Å². The quantitative estimate of drug-likeness (QED) is 0.618. The fraction of sp³-hybridized carbons (Fsp3) is 0.500. The molecule has 1 aromatic rings. The smallest absolute Gasteiger partial charge is 0.143 e. The minimum absolute atomic E-state index is 0.365. The number of rotatable bonds is 2. The number of aliphatic imine (C=N–C) groups is 1. The summed E-state index contributed by atoms with van der Waals surface area (Å²) in [5.74, 6) is 0.386. The Morgan fingerprint density at radius 1 is 1.40 bits per heavy atom. The third-order valence-electron chi connectivity index (χ3n) is 2.61. The van der Waals surface area contributed by atoms with E-state index in [4.69, 9.17) is 17.3 Å². The topological polar surface area (TPSA) is 64.2 Å². The zero-order chi connectivity index (χ0) is 10.7. The Balaban J connectivity index is 2.15. The van der Waals surface area contributed by atoms with Crippen LogP contribution in [0.2, 0.25) is 5.15 Å². The van der Waals surface area contributed by atoms with Crippen molar-refractivity contribution in [3.63, 3.8) is 0 Å². The number of aromatic nitrogens is 2. The monoisotopic (exact) mass is 224 g/mol. The molecular weight excluding hydrogens is 212 g/mol. The second-order valence-corrected chi connectivity index (χ2v) is 4.04. The SMILES string of the molecule is Nc1ncnc(Cl)c1C=NC1CCCC1. The molecule has 2 rings (SSSR count). The zero-order valence-corrected chi connectivity index (χ0v) is 9.11. The van der Waals surface area contributed by atoms with Gasteiger partial charge in [-0.15, -0.1) is 0 Å². The van der Waals surface area contributed by atoms with Crippen LogP contribution in [0.4, 0.5) is 5.82 Å². The second-order valence-electron chi connectivity index (χ2n) is 3.68. The van der Waals surface area contributed by atoms with E-state index in [-0.39, 0.29) is 0 Å². The molecule has 0 atom stereocenters. The molecule has 0 radical (unpaired) electrons. The molecule has 0 aliphatic heterocycles. The lowest BCUT2D eigenvalue weighted by Crippen LogP contribution is -2.02. The highest BCUT2D eigenvalue weighted by Crippen LogP contribution is 2.22. The van der Waals surface area contributed by atoms with Gasteiger partial charge in [-0.05, 0) is 12.8 Å². The molecule has 1 aliphatic rings. The number of hydrogen-bond donors (Lipinski definition) is 1. The number of anilines is 1. The highest BCUT2D eigenvalue weighted by atomic mass is 35.5. The van der Waals surface area contributed by atoms with E-state index in [0.29, 0.717) is 22.6 Å². The molecule has 2 N–H and O–H groups in total. The van der Waals surface area contributed by atoms with Crippen LogP contribution >= 0.6 is 11.6 Å². The van der Waals surface area contributed by atoms with Crippen molar-refractivity contribution >= 4 is 23.6 Å². The Hall–Kier alpha value is -1.16. The normalized spacial score (nSPS) is 17.7. The Bertz CT molecular complexity index is 351. The molecule has 15 heavy (non-hydrogen) atoms. The molecule has 4 nitrogen and oxygen atoms in total. The maximum Gasteiger partial charge on any atom is 0.143 e. The molecule has 0 saturated heterocycles. The first-order chi connectivity index (χ1) is 7.27. The molecule has 1 aliphatic carbocycles. The summed E-state index contributed by atoms with van der Waals surface area (Å²) in [5.41, 5.74) is 6.31. The van der Waals surface area contributed by atoms with E-state index in [2.05, 4.69) is 15.0 Å². The predicted octanol–water partition coefficient (Wildman–Crippen LogP) is 2.07. The van der Waals surface area contributed by atoms with E-state index in [0.717, 1.165) is 12.8 Å². The van der Waals surface area contributed by atoms with Crippen molar-refractivity contribution in [1.29, 1.82) is 0 Å². The minimum atomic E-state index is 0.365. The molecule has 1 heterocycles. The summed E-state index contributed by atoms with van der Waals surface area (Å²) in [6.45, 7) is 0. The molecule has 1 fully saturated rings. The van der Waals surface area contributed by atoms with Crippen LogP contribution in [0.3, 0.4) is 0 Å². The van der Waals surface area contributed by atoms with Gasteiger partial charge < -0.3 is 5.73 Å². The van der Waals surface area contributed by atoms with Gasteiger partial charge in [-0.3, -0.25) is 4.99 Å². The summed E-state index contributed by atoms with van der Waals surface area (Å²) in [6, 6.07) is 0.417. The lowest BCUT2D eigenvalue weighted by atomic mass is 10.2. The minimum Gasteiger partial charge on any atom is -0.383 e. The van der Waals surface area contributed by atoms with Crippen molar-refractivity contribution < 1.29 is 0 Å². The van der Waals surface area contributed by atoms with Gasteiger partial charge in [0.15, 0.2) is 0 Å². The first-order valence-electron chi connectivity index (χ1n) is 5.06. The van der Waals surface area contributed by atoms with Gasteiger partial charge in [-0.1, -0.05) is 24.4 Å². The van der Waals surface area contributed by atoms with Crippen LogP contribution in [0, 0.1) is 0 Å².